The summed E-state index contributed by atoms with van der Waals surface area (Å²) in [6, 6.07) is 0.614. The van der Waals surface area contributed by atoms with Gasteiger partial charge in [-0.15, -0.1) is 0 Å². The van der Waals surface area contributed by atoms with Crippen molar-refractivity contribution < 1.29 is 0 Å². The molecule has 1 aromatic heterocycles. The number of rotatable bonds is 3. The molecule has 0 aromatic carbocycles. The van der Waals surface area contributed by atoms with E-state index in [0.717, 1.165) is 6.54 Å². The molecule has 0 aliphatic carbocycles. The first-order valence-electron chi connectivity index (χ1n) is 6.01. The molecule has 1 aromatic rings. The lowest BCUT2D eigenvalue weighted by Crippen LogP contribution is -2.19. The van der Waals surface area contributed by atoms with Crippen LogP contribution in [0.2, 0.25) is 0 Å². The second-order valence-corrected chi connectivity index (χ2v) is 5.65. The summed E-state index contributed by atoms with van der Waals surface area (Å²) in [4.78, 5) is 0. The highest BCUT2D eigenvalue weighted by Crippen LogP contribution is 2.28. The Morgan fingerprint density at radius 3 is 2.94 bits per heavy atom. The summed E-state index contributed by atoms with van der Waals surface area (Å²) >= 11 is 2.06. The molecular weight excluding hydrogens is 218 g/mol. The molecule has 1 atom stereocenters. The van der Waals surface area contributed by atoms with Crippen molar-refractivity contribution in [2.45, 2.75) is 39.3 Å². The number of hydrogen-bond acceptors (Lipinski definition) is 3. The molecule has 3 nitrogen and oxygen atoms in total. The van der Waals surface area contributed by atoms with Crippen molar-refractivity contribution in [3.05, 3.63) is 17.0 Å². The third-order valence-electron chi connectivity index (χ3n) is 3.31. The van der Waals surface area contributed by atoms with Gasteiger partial charge in [0.25, 0.3) is 0 Å². The maximum Gasteiger partial charge on any atom is 0.0641 e. The molecule has 0 radical (unpaired) electrons. The molecule has 1 aliphatic rings. The van der Waals surface area contributed by atoms with Crippen molar-refractivity contribution in [1.29, 1.82) is 0 Å². The Kier molecular flexibility index (Phi) is 3.92. The second-order valence-electron chi connectivity index (χ2n) is 4.50. The first-order chi connectivity index (χ1) is 7.74. The summed E-state index contributed by atoms with van der Waals surface area (Å²) in [7, 11) is 1.99. The normalized spacial score (nSPS) is 21.3. The molecule has 2 rings (SSSR count). The van der Waals surface area contributed by atoms with Crippen molar-refractivity contribution in [2.75, 3.05) is 18.6 Å². The lowest BCUT2D eigenvalue weighted by Gasteiger charge is -2.23. The SMILES string of the molecule is CNCc1c(C)nn(C2CCCSC2)c1C. The van der Waals surface area contributed by atoms with Crippen LogP contribution in [0.5, 0.6) is 0 Å². The van der Waals surface area contributed by atoms with E-state index in [1.54, 1.807) is 0 Å². The minimum absolute atomic E-state index is 0.614. The van der Waals surface area contributed by atoms with E-state index >= 15 is 0 Å². The van der Waals surface area contributed by atoms with Crippen molar-refractivity contribution in [1.82, 2.24) is 15.1 Å². The number of aromatic nitrogens is 2. The Hall–Kier alpha value is -0.480. The van der Waals surface area contributed by atoms with Crippen LogP contribution in [-0.4, -0.2) is 28.3 Å². The molecule has 1 N–H and O–H groups in total. The zero-order valence-electron chi connectivity index (χ0n) is 10.4. The summed E-state index contributed by atoms with van der Waals surface area (Å²) in [5, 5.41) is 7.94. The monoisotopic (exact) mass is 239 g/mol. The standard InChI is InChI=1S/C12H21N3S/c1-9-12(7-13-3)10(2)15(14-9)11-5-4-6-16-8-11/h11,13H,4-8H2,1-3H3. The zero-order chi connectivity index (χ0) is 11.5. The lowest BCUT2D eigenvalue weighted by atomic mass is 10.1. The van der Waals surface area contributed by atoms with Gasteiger partial charge < -0.3 is 5.32 Å². The fraction of sp³-hybridized carbons (Fsp3) is 0.750. The van der Waals surface area contributed by atoms with Crippen molar-refractivity contribution in [3.63, 3.8) is 0 Å². The van der Waals surface area contributed by atoms with Crippen LogP contribution in [0, 0.1) is 13.8 Å². The number of aryl methyl sites for hydroxylation is 1. The fourth-order valence-corrected chi connectivity index (χ4v) is 3.52. The van der Waals surface area contributed by atoms with E-state index < -0.39 is 0 Å². The molecule has 1 aliphatic heterocycles. The number of nitrogens with one attached hydrogen (secondary N) is 1. The molecule has 90 valence electrons. The van der Waals surface area contributed by atoms with Crippen molar-refractivity contribution in [3.8, 4) is 0 Å². The van der Waals surface area contributed by atoms with Crippen molar-refractivity contribution >= 4 is 11.8 Å². The van der Waals surface area contributed by atoms with E-state index in [1.807, 2.05) is 7.05 Å². The van der Waals surface area contributed by atoms with E-state index in [-0.39, 0.29) is 0 Å². The minimum atomic E-state index is 0.614. The van der Waals surface area contributed by atoms with Gasteiger partial charge in [0.05, 0.1) is 11.7 Å². The van der Waals surface area contributed by atoms with Gasteiger partial charge in [-0.05, 0) is 39.5 Å². The van der Waals surface area contributed by atoms with Crippen LogP contribution in [0.4, 0.5) is 0 Å². The molecule has 1 saturated heterocycles. The van der Waals surface area contributed by atoms with Gasteiger partial charge >= 0.3 is 0 Å². The summed E-state index contributed by atoms with van der Waals surface area (Å²) in [6.07, 6.45) is 2.61. The Balaban J connectivity index is 2.23. The highest BCUT2D eigenvalue weighted by Gasteiger charge is 2.20. The Morgan fingerprint density at radius 2 is 2.31 bits per heavy atom. The Bertz CT molecular complexity index is 353. The van der Waals surface area contributed by atoms with Crippen LogP contribution in [0.15, 0.2) is 0 Å². The molecule has 1 unspecified atom stereocenters. The third-order valence-corrected chi connectivity index (χ3v) is 4.51. The molecular formula is C12H21N3S. The van der Waals surface area contributed by atoms with E-state index in [0.29, 0.717) is 6.04 Å². The smallest absolute Gasteiger partial charge is 0.0641 e. The van der Waals surface area contributed by atoms with Crippen molar-refractivity contribution in [2.24, 2.45) is 0 Å². The summed E-state index contributed by atoms with van der Waals surface area (Å²) < 4.78 is 2.26. The first-order valence-corrected chi connectivity index (χ1v) is 7.16. The van der Waals surface area contributed by atoms with Crippen LogP contribution < -0.4 is 5.32 Å². The number of nitrogens with zero attached hydrogens (tertiary/aromatic N) is 2. The van der Waals surface area contributed by atoms with Gasteiger partial charge in [0.1, 0.15) is 0 Å². The summed E-state index contributed by atoms with van der Waals surface area (Å²) in [5.41, 5.74) is 3.90. The average molecular weight is 239 g/mol. The predicted molar refractivity (Wildman–Crippen MR) is 70.1 cm³/mol. The van der Waals surface area contributed by atoms with Crippen LogP contribution in [0.25, 0.3) is 0 Å². The van der Waals surface area contributed by atoms with Crippen LogP contribution in [-0.2, 0) is 6.54 Å². The van der Waals surface area contributed by atoms with Crippen LogP contribution in [0.3, 0.4) is 0 Å². The van der Waals surface area contributed by atoms with Gasteiger partial charge in [0, 0.05) is 23.6 Å². The molecule has 16 heavy (non-hydrogen) atoms. The summed E-state index contributed by atoms with van der Waals surface area (Å²) in [6.45, 7) is 5.25. The largest absolute Gasteiger partial charge is 0.316 e. The quantitative estimate of drug-likeness (QED) is 0.877. The lowest BCUT2D eigenvalue weighted by molar-refractivity contribution is 0.443. The highest BCUT2D eigenvalue weighted by molar-refractivity contribution is 7.99. The molecule has 0 saturated carbocycles. The summed E-state index contributed by atoms with van der Waals surface area (Å²) in [5.74, 6) is 2.54. The molecule has 0 spiro atoms. The zero-order valence-corrected chi connectivity index (χ0v) is 11.2. The highest BCUT2D eigenvalue weighted by atomic mass is 32.2. The van der Waals surface area contributed by atoms with Gasteiger partial charge in [0.15, 0.2) is 0 Å². The van der Waals surface area contributed by atoms with Gasteiger partial charge in [-0.3, -0.25) is 4.68 Å². The topological polar surface area (TPSA) is 29.9 Å². The molecule has 0 bridgehead atoms. The van der Waals surface area contributed by atoms with E-state index in [1.165, 1.54) is 41.3 Å². The predicted octanol–water partition coefficient (Wildman–Crippen LogP) is 2.29. The van der Waals surface area contributed by atoms with E-state index in [4.69, 9.17) is 5.10 Å². The fourth-order valence-electron chi connectivity index (χ4n) is 2.40. The number of hydrogen-bond donors (Lipinski definition) is 1. The average Bonchev–Trinajstić information content (AvgIpc) is 2.59. The van der Waals surface area contributed by atoms with Crippen LogP contribution >= 0.6 is 11.8 Å². The van der Waals surface area contributed by atoms with Crippen LogP contribution in [0.1, 0.15) is 35.8 Å². The minimum Gasteiger partial charge on any atom is -0.316 e. The van der Waals surface area contributed by atoms with Gasteiger partial charge in [-0.25, -0.2) is 0 Å². The molecule has 4 heteroatoms. The second kappa shape index (κ2) is 5.23. The van der Waals surface area contributed by atoms with Gasteiger partial charge in [-0.2, -0.15) is 16.9 Å². The maximum absolute atomic E-state index is 4.72. The first kappa shape index (κ1) is 12.0. The third kappa shape index (κ3) is 2.28. The van der Waals surface area contributed by atoms with E-state index in [9.17, 15) is 0 Å². The maximum atomic E-state index is 4.72. The molecule has 1 fully saturated rings. The Labute approximate surface area is 102 Å². The Morgan fingerprint density at radius 1 is 1.50 bits per heavy atom. The van der Waals surface area contributed by atoms with Gasteiger partial charge in [0.2, 0.25) is 0 Å². The van der Waals surface area contributed by atoms with E-state index in [2.05, 4.69) is 35.6 Å². The molecule has 0 amide bonds. The molecule has 2 heterocycles. The number of thioether (sulfide) groups is 1. The van der Waals surface area contributed by atoms with Gasteiger partial charge in [-0.1, -0.05) is 0 Å².